The zero-order chi connectivity index (χ0) is 12.4. The summed E-state index contributed by atoms with van der Waals surface area (Å²) in [6, 6.07) is -0.933. The summed E-state index contributed by atoms with van der Waals surface area (Å²) in [6.07, 6.45) is 0. The molecule has 0 aliphatic carbocycles. The van der Waals surface area contributed by atoms with Gasteiger partial charge in [0.25, 0.3) is 5.91 Å². The molecule has 92 valence electrons. The van der Waals surface area contributed by atoms with Crippen molar-refractivity contribution in [2.75, 3.05) is 19.8 Å². The molecule has 17 heavy (non-hydrogen) atoms. The summed E-state index contributed by atoms with van der Waals surface area (Å²) in [5.74, 6) is -1.40. The predicted molar refractivity (Wildman–Crippen MR) is 57.9 cm³/mol. The van der Waals surface area contributed by atoms with E-state index in [4.69, 9.17) is 9.84 Å². The van der Waals surface area contributed by atoms with Gasteiger partial charge in [-0.25, -0.2) is 4.79 Å². The van der Waals surface area contributed by atoms with E-state index in [0.29, 0.717) is 17.2 Å². The van der Waals surface area contributed by atoms with Crippen LogP contribution in [0, 0.1) is 6.92 Å². The van der Waals surface area contributed by atoms with Crippen molar-refractivity contribution >= 4 is 23.4 Å². The van der Waals surface area contributed by atoms with Crippen molar-refractivity contribution in [2.24, 2.45) is 0 Å². The lowest BCUT2D eigenvalue weighted by Gasteiger charge is -2.32. The van der Waals surface area contributed by atoms with E-state index in [1.165, 1.54) is 4.90 Å². The minimum absolute atomic E-state index is 0.0202. The van der Waals surface area contributed by atoms with Gasteiger partial charge < -0.3 is 14.7 Å². The highest BCUT2D eigenvalue weighted by molar-refractivity contribution is 7.07. The van der Waals surface area contributed by atoms with E-state index in [2.05, 4.69) is 9.59 Å². The molecule has 8 heteroatoms. The second-order valence-corrected chi connectivity index (χ2v) is 4.37. The molecule has 2 heterocycles. The number of carboxylic acids is 1. The van der Waals surface area contributed by atoms with E-state index in [1.807, 2.05) is 0 Å². The van der Waals surface area contributed by atoms with Gasteiger partial charge in [0.05, 0.1) is 18.9 Å². The van der Waals surface area contributed by atoms with Gasteiger partial charge in [-0.1, -0.05) is 4.49 Å². The van der Waals surface area contributed by atoms with Crippen molar-refractivity contribution in [3.8, 4) is 0 Å². The first-order valence-corrected chi connectivity index (χ1v) is 5.79. The Morgan fingerprint density at radius 1 is 1.59 bits per heavy atom. The van der Waals surface area contributed by atoms with Crippen molar-refractivity contribution in [3.63, 3.8) is 0 Å². The summed E-state index contributed by atoms with van der Waals surface area (Å²) >= 11 is 0.979. The van der Waals surface area contributed by atoms with E-state index in [-0.39, 0.29) is 19.1 Å². The molecule has 1 fully saturated rings. The molecule has 1 aromatic heterocycles. The van der Waals surface area contributed by atoms with Crippen LogP contribution < -0.4 is 0 Å². The van der Waals surface area contributed by atoms with Crippen LogP contribution in [0.25, 0.3) is 0 Å². The summed E-state index contributed by atoms with van der Waals surface area (Å²) in [6.45, 7) is 2.31. The number of aromatic nitrogens is 2. The van der Waals surface area contributed by atoms with Gasteiger partial charge in [0, 0.05) is 6.54 Å². The molecule has 1 aliphatic heterocycles. The fraction of sp³-hybridized carbons (Fsp3) is 0.556. The van der Waals surface area contributed by atoms with Crippen LogP contribution >= 0.6 is 11.5 Å². The zero-order valence-electron chi connectivity index (χ0n) is 9.12. The van der Waals surface area contributed by atoms with Gasteiger partial charge in [0.2, 0.25) is 0 Å². The maximum atomic E-state index is 12.1. The number of aliphatic carboxylic acids is 1. The molecule has 0 bridgehead atoms. The summed E-state index contributed by atoms with van der Waals surface area (Å²) < 4.78 is 8.74. The predicted octanol–water partition coefficient (Wildman–Crippen LogP) is -0.228. The van der Waals surface area contributed by atoms with E-state index in [1.54, 1.807) is 6.92 Å². The third-order valence-electron chi connectivity index (χ3n) is 2.52. The molecule has 7 nitrogen and oxygen atoms in total. The maximum Gasteiger partial charge on any atom is 0.328 e. The second kappa shape index (κ2) is 4.76. The van der Waals surface area contributed by atoms with Crippen molar-refractivity contribution in [1.29, 1.82) is 0 Å². The second-order valence-electron chi connectivity index (χ2n) is 3.61. The summed E-state index contributed by atoms with van der Waals surface area (Å²) in [5.41, 5.74) is 0.524. The molecule has 1 saturated heterocycles. The lowest BCUT2D eigenvalue weighted by molar-refractivity contribution is -0.147. The molecule has 0 aromatic carbocycles. The van der Waals surface area contributed by atoms with Gasteiger partial charge in [-0.3, -0.25) is 4.79 Å². The van der Waals surface area contributed by atoms with Crippen LogP contribution in [0.15, 0.2) is 0 Å². The van der Waals surface area contributed by atoms with Gasteiger partial charge in [-0.15, -0.1) is 5.10 Å². The quantitative estimate of drug-likeness (QED) is 0.786. The molecule has 1 aromatic rings. The number of aryl methyl sites for hydroxylation is 1. The Labute approximate surface area is 101 Å². The van der Waals surface area contributed by atoms with Gasteiger partial charge in [0.15, 0.2) is 6.04 Å². The first kappa shape index (κ1) is 11.9. The number of rotatable bonds is 2. The fourth-order valence-corrected chi connectivity index (χ4v) is 2.22. The summed E-state index contributed by atoms with van der Waals surface area (Å²) in [7, 11) is 0. The van der Waals surface area contributed by atoms with Crippen LogP contribution in [0.3, 0.4) is 0 Å². The molecule has 1 unspecified atom stereocenters. The average molecular weight is 257 g/mol. The third kappa shape index (κ3) is 2.27. The first-order chi connectivity index (χ1) is 8.11. The van der Waals surface area contributed by atoms with Crippen LogP contribution in [0.1, 0.15) is 15.4 Å². The summed E-state index contributed by atoms with van der Waals surface area (Å²) in [5, 5.41) is 12.8. The number of nitrogens with zero attached hydrogens (tertiary/aromatic N) is 3. The largest absolute Gasteiger partial charge is 0.480 e. The molecule has 0 spiro atoms. The Balaban J connectivity index is 2.23. The van der Waals surface area contributed by atoms with Crippen molar-refractivity contribution in [2.45, 2.75) is 13.0 Å². The fourth-order valence-electron chi connectivity index (χ4n) is 1.61. The van der Waals surface area contributed by atoms with Crippen molar-refractivity contribution < 1.29 is 19.4 Å². The Morgan fingerprint density at radius 3 is 2.94 bits per heavy atom. The lowest BCUT2D eigenvalue weighted by Crippen LogP contribution is -2.52. The van der Waals surface area contributed by atoms with E-state index in [0.717, 1.165) is 11.5 Å². The average Bonchev–Trinajstić information content (AvgIpc) is 2.74. The Kier molecular flexibility index (Phi) is 3.34. The SMILES string of the molecule is Cc1nnsc1C(=O)N1CCOCC1C(=O)O. The van der Waals surface area contributed by atoms with Gasteiger partial charge >= 0.3 is 5.97 Å². The third-order valence-corrected chi connectivity index (χ3v) is 3.34. The molecule has 1 atom stereocenters. The van der Waals surface area contributed by atoms with E-state index < -0.39 is 12.0 Å². The molecule has 0 saturated carbocycles. The number of amides is 1. The molecule has 1 amide bonds. The highest BCUT2D eigenvalue weighted by Gasteiger charge is 2.34. The topological polar surface area (TPSA) is 92.6 Å². The van der Waals surface area contributed by atoms with E-state index in [9.17, 15) is 9.59 Å². The van der Waals surface area contributed by atoms with Gasteiger partial charge in [0.1, 0.15) is 4.88 Å². The summed E-state index contributed by atoms with van der Waals surface area (Å²) in [4.78, 5) is 24.8. The van der Waals surface area contributed by atoms with Crippen LogP contribution in [-0.2, 0) is 9.53 Å². The molecular weight excluding hydrogens is 246 g/mol. The van der Waals surface area contributed by atoms with Crippen LogP contribution in [0.2, 0.25) is 0 Å². The number of ether oxygens (including phenoxy) is 1. The van der Waals surface area contributed by atoms with Crippen LogP contribution in [0.4, 0.5) is 0 Å². The van der Waals surface area contributed by atoms with Crippen molar-refractivity contribution in [3.05, 3.63) is 10.6 Å². The number of carbonyl (C=O) groups is 2. The Morgan fingerprint density at radius 2 is 2.35 bits per heavy atom. The van der Waals surface area contributed by atoms with Crippen LogP contribution in [-0.4, -0.2) is 57.3 Å². The Hall–Kier alpha value is -1.54. The number of carbonyl (C=O) groups excluding carboxylic acids is 1. The van der Waals surface area contributed by atoms with Crippen LogP contribution in [0.5, 0.6) is 0 Å². The minimum atomic E-state index is -1.06. The molecule has 2 rings (SSSR count). The highest BCUT2D eigenvalue weighted by Crippen LogP contribution is 2.17. The molecule has 1 aliphatic rings. The number of hydrogen-bond acceptors (Lipinski definition) is 6. The highest BCUT2D eigenvalue weighted by atomic mass is 32.1. The Bertz CT molecular complexity index is 447. The van der Waals surface area contributed by atoms with Gasteiger partial charge in [-0.2, -0.15) is 0 Å². The van der Waals surface area contributed by atoms with Crippen molar-refractivity contribution in [1.82, 2.24) is 14.5 Å². The lowest BCUT2D eigenvalue weighted by atomic mass is 10.2. The molecular formula is C9H11N3O4S. The zero-order valence-corrected chi connectivity index (χ0v) is 9.94. The van der Waals surface area contributed by atoms with E-state index >= 15 is 0 Å². The monoisotopic (exact) mass is 257 g/mol. The standard InChI is InChI=1S/C9H11N3O4S/c1-5-7(17-11-10-5)8(13)12-2-3-16-4-6(12)9(14)15/h6H,2-4H2,1H3,(H,14,15). The molecule has 1 N–H and O–H groups in total. The number of hydrogen-bond donors (Lipinski definition) is 1. The number of morpholine rings is 1. The smallest absolute Gasteiger partial charge is 0.328 e. The molecule has 0 radical (unpaired) electrons. The van der Waals surface area contributed by atoms with Gasteiger partial charge in [-0.05, 0) is 18.5 Å². The number of carboxylic acid groups (broad SMARTS) is 1. The normalized spacial score (nSPS) is 20.3. The first-order valence-electron chi connectivity index (χ1n) is 5.01. The minimum Gasteiger partial charge on any atom is -0.480 e. The maximum absolute atomic E-state index is 12.1.